The van der Waals surface area contributed by atoms with Crippen molar-refractivity contribution in [3.05, 3.63) is 17.3 Å². The van der Waals surface area contributed by atoms with Crippen molar-refractivity contribution in [2.45, 2.75) is 20.3 Å². The molecule has 3 aromatic heterocycles. The average molecular weight is 315 g/mol. The lowest BCUT2D eigenvalue weighted by Gasteiger charge is -1.97. The highest BCUT2D eigenvalue weighted by atomic mass is 32.2. The van der Waals surface area contributed by atoms with Gasteiger partial charge in [-0.05, 0) is 18.0 Å². The minimum atomic E-state index is 0.467. The van der Waals surface area contributed by atoms with Crippen LogP contribution in [0.5, 0.6) is 0 Å². The number of rotatable bonds is 4. The molecule has 0 fully saturated rings. The molecule has 3 aromatic rings. The normalized spacial score (nSPS) is 11.4. The van der Waals surface area contributed by atoms with Crippen molar-refractivity contribution in [3.8, 4) is 0 Å². The third-order valence-electron chi connectivity index (χ3n) is 2.26. The van der Waals surface area contributed by atoms with E-state index in [1.165, 1.54) is 11.8 Å². The predicted molar refractivity (Wildman–Crippen MR) is 76.8 cm³/mol. The van der Waals surface area contributed by atoms with Gasteiger partial charge in [-0.25, -0.2) is 4.98 Å². The first-order chi connectivity index (χ1) is 8.81. The summed E-state index contributed by atoms with van der Waals surface area (Å²) in [6.07, 6.45) is 3.99. The summed E-state index contributed by atoms with van der Waals surface area (Å²) < 4.78 is 3.90. The molecule has 2 N–H and O–H groups in total. The third-order valence-corrected chi connectivity index (χ3v) is 5.99. The van der Waals surface area contributed by atoms with Crippen molar-refractivity contribution >= 4 is 51.2 Å². The first-order valence-electron chi connectivity index (χ1n) is 5.01. The Morgan fingerprint density at radius 3 is 2.94 bits per heavy atom. The van der Waals surface area contributed by atoms with Gasteiger partial charge in [0, 0.05) is 18.1 Å². The second-order valence-corrected chi connectivity index (χ2v) is 7.40. The quantitative estimate of drug-likeness (QED) is 0.746. The lowest BCUT2D eigenvalue weighted by Crippen LogP contribution is -2.00. The summed E-state index contributed by atoms with van der Waals surface area (Å²) in [7, 11) is 0. The SMILES string of the molecule is CSc1nnc(Sc2nc3sccn3c2CN)s1. The Hall–Kier alpha value is -0.610. The minimum Gasteiger partial charge on any atom is -0.325 e. The third kappa shape index (κ3) is 2.16. The van der Waals surface area contributed by atoms with E-state index in [1.807, 2.05) is 22.2 Å². The molecule has 0 saturated carbocycles. The summed E-state index contributed by atoms with van der Waals surface area (Å²) in [6.45, 7) is 0.467. The van der Waals surface area contributed by atoms with Crippen molar-refractivity contribution < 1.29 is 0 Å². The largest absolute Gasteiger partial charge is 0.325 e. The highest BCUT2D eigenvalue weighted by Crippen LogP contribution is 2.35. The molecule has 0 atom stereocenters. The van der Waals surface area contributed by atoms with Gasteiger partial charge in [0.05, 0.1) is 5.69 Å². The number of nitrogens with zero attached hydrogens (tertiary/aromatic N) is 4. The second-order valence-electron chi connectivity index (χ2n) is 3.26. The summed E-state index contributed by atoms with van der Waals surface area (Å²) in [6, 6.07) is 0. The van der Waals surface area contributed by atoms with Crippen molar-refractivity contribution in [1.29, 1.82) is 0 Å². The molecule has 0 radical (unpaired) electrons. The summed E-state index contributed by atoms with van der Waals surface area (Å²) in [5.74, 6) is 0. The summed E-state index contributed by atoms with van der Waals surface area (Å²) in [4.78, 5) is 5.54. The molecule has 18 heavy (non-hydrogen) atoms. The zero-order valence-electron chi connectivity index (χ0n) is 9.36. The maximum absolute atomic E-state index is 5.80. The van der Waals surface area contributed by atoms with Crippen LogP contribution in [0.2, 0.25) is 0 Å². The Balaban J connectivity index is 1.96. The molecule has 0 unspecified atom stereocenters. The highest BCUT2D eigenvalue weighted by molar-refractivity contribution is 8.03. The van der Waals surface area contributed by atoms with Gasteiger partial charge in [0.15, 0.2) is 13.6 Å². The molecule has 0 spiro atoms. The molecule has 0 bridgehead atoms. The zero-order valence-corrected chi connectivity index (χ0v) is 12.6. The Kier molecular flexibility index (Phi) is 3.57. The predicted octanol–water partition coefficient (Wildman–Crippen LogP) is 2.58. The number of imidazole rings is 1. The fourth-order valence-corrected chi connectivity index (χ4v) is 4.76. The standard InChI is InChI=1S/C9H9N5S4/c1-15-8-12-13-9(18-8)17-6-5(4-10)14-2-3-16-7(14)11-6/h2-3H,4,10H2,1H3. The van der Waals surface area contributed by atoms with Crippen LogP contribution >= 0.6 is 46.2 Å². The average Bonchev–Trinajstić information content (AvgIpc) is 3.04. The van der Waals surface area contributed by atoms with Crippen molar-refractivity contribution in [2.75, 3.05) is 6.26 Å². The van der Waals surface area contributed by atoms with Crippen LogP contribution in [0.4, 0.5) is 0 Å². The van der Waals surface area contributed by atoms with Crippen molar-refractivity contribution in [1.82, 2.24) is 19.6 Å². The molecule has 0 amide bonds. The van der Waals surface area contributed by atoms with E-state index in [1.54, 1.807) is 34.4 Å². The number of aromatic nitrogens is 4. The summed E-state index contributed by atoms with van der Waals surface area (Å²) >= 11 is 6.31. The fraction of sp³-hybridized carbons (Fsp3) is 0.222. The van der Waals surface area contributed by atoms with E-state index in [0.717, 1.165) is 24.4 Å². The van der Waals surface area contributed by atoms with Gasteiger partial charge in [0.1, 0.15) is 5.03 Å². The molecule has 0 aliphatic carbocycles. The maximum atomic E-state index is 5.80. The molecule has 3 heterocycles. The Morgan fingerprint density at radius 1 is 1.39 bits per heavy atom. The lowest BCUT2D eigenvalue weighted by molar-refractivity contribution is 0.919. The number of hydrogen-bond acceptors (Lipinski definition) is 8. The second kappa shape index (κ2) is 5.17. The van der Waals surface area contributed by atoms with Crippen LogP contribution in [0.3, 0.4) is 0 Å². The Bertz CT molecular complexity index is 669. The Labute approximate surface area is 120 Å². The van der Waals surface area contributed by atoms with Crippen LogP contribution in [0.15, 0.2) is 25.3 Å². The molecule has 0 aromatic carbocycles. The van der Waals surface area contributed by atoms with Gasteiger partial charge in [-0.2, -0.15) is 0 Å². The van der Waals surface area contributed by atoms with E-state index in [9.17, 15) is 0 Å². The van der Waals surface area contributed by atoms with Crippen LogP contribution in [0.1, 0.15) is 5.69 Å². The molecular formula is C9H9N5S4. The van der Waals surface area contributed by atoms with Gasteiger partial charge in [-0.1, -0.05) is 23.1 Å². The number of nitrogens with two attached hydrogens (primary N) is 1. The number of fused-ring (bicyclic) bond motifs is 1. The van der Waals surface area contributed by atoms with Crippen molar-refractivity contribution in [3.63, 3.8) is 0 Å². The number of thioether (sulfide) groups is 1. The molecule has 0 aliphatic heterocycles. The van der Waals surface area contributed by atoms with Gasteiger partial charge in [-0.3, -0.25) is 4.40 Å². The molecule has 9 heteroatoms. The Morgan fingerprint density at radius 2 is 2.22 bits per heavy atom. The fourth-order valence-electron chi connectivity index (χ4n) is 1.48. The minimum absolute atomic E-state index is 0.467. The van der Waals surface area contributed by atoms with Crippen LogP contribution in [-0.2, 0) is 6.54 Å². The van der Waals surface area contributed by atoms with Gasteiger partial charge in [0.25, 0.3) is 0 Å². The monoisotopic (exact) mass is 315 g/mol. The first kappa shape index (κ1) is 12.4. The topological polar surface area (TPSA) is 69.1 Å². The molecule has 0 saturated heterocycles. The zero-order chi connectivity index (χ0) is 12.5. The van der Waals surface area contributed by atoms with E-state index in [4.69, 9.17) is 5.73 Å². The molecule has 0 aliphatic rings. The van der Waals surface area contributed by atoms with Crippen LogP contribution in [-0.4, -0.2) is 25.8 Å². The van der Waals surface area contributed by atoms with E-state index < -0.39 is 0 Å². The number of hydrogen-bond donors (Lipinski definition) is 1. The van der Waals surface area contributed by atoms with E-state index in [-0.39, 0.29) is 0 Å². The first-order valence-corrected chi connectivity index (χ1v) is 8.75. The van der Waals surface area contributed by atoms with Crippen LogP contribution < -0.4 is 5.73 Å². The maximum Gasteiger partial charge on any atom is 0.194 e. The van der Waals surface area contributed by atoms with Gasteiger partial charge >= 0.3 is 0 Å². The molecule has 5 nitrogen and oxygen atoms in total. The molecule has 3 rings (SSSR count). The highest BCUT2D eigenvalue weighted by Gasteiger charge is 2.15. The smallest absolute Gasteiger partial charge is 0.194 e. The summed E-state index contributed by atoms with van der Waals surface area (Å²) in [5.41, 5.74) is 6.82. The van der Waals surface area contributed by atoms with Crippen LogP contribution in [0.25, 0.3) is 4.96 Å². The van der Waals surface area contributed by atoms with E-state index >= 15 is 0 Å². The van der Waals surface area contributed by atoms with Gasteiger partial charge in [-0.15, -0.1) is 21.5 Å². The van der Waals surface area contributed by atoms with E-state index in [2.05, 4.69) is 15.2 Å². The summed E-state index contributed by atoms with van der Waals surface area (Å²) in [5, 5.41) is 11.1. The number of thiazole rings is 1. The van der Waals surface area contributed by atoms with Crippen LogP contribution in [0, 0.1) is 0 Å². The van der Waals surface area contributed by atoms with E-state index in [0.29, 0.717) is 6.54 Å². The van der Waals surface area contributed by atoms with Gasteiger partial charge < -0.3 is 5.73 Å². The molecule has 94 valence electrons. The molecular weight excluding hydrogens is 306 g/mol. The van der Waals surface area contributed by atoms with Crippen molar-refractivity contribution in [2.24, 2.45) is 5.73 Å². The lowest BCUT2D eigenvalue weighted by atomic mass is 10.5. The van der Waals surface area contributed by atoms with Gasteiger partial charge in [0.2, 0.25) is 0 Å².